The van der Waals surface area contributed by atoms with Crippen LogP contribution in [0.25, 0.3) is 0 Å². The average Bonchev–Trinajstić information content (AvgIpc) is 2.31. The highest BCUT2D eigenvalue weighted by Gasteiger charge is 2.14. The summed E-state index contributed by atoms with van der Waals surface area (Å²) >= 11 is 0. The van der Waals surface area contributed by atoms with Gasteiger partial charge in [-0.3, -0.25) is 4.90 Å². The molecule has 0 saturated carbocycles. The number of phenols is 1. The summed E-state index contributed by atoms with van der Waals surface area (Å²) in [5.41, 5.74) is 1.16. The standard InChI is InChI=1S/C12H17FN2O/c1-9-2-3-10(12(16)11(9)13)8-15-6-4-14-5-7-15/h2-3,14,16H,4-8H2,1H3. The zero-order chi connectivity index (χ0) is 11.5. The van der Waals surface area contributed by atoms with Gasteiger partial charge in [-0.25, -0.2) is 4.39 Å². The molecule has 88 valence electrons. The molecule has 0 atom stereocenters. The maximum atomic E-state index is 13.5. The summed E-state index contributed by atoms with van der Waals surface area (Å²) < 4.78 is 13.5. The van der Waals surface area contributed by atoms with Crippen molar-refractivity contribution >= 4 is 0 Å². The van der Waals surface area contributed by atoms with Crippen molar-refractivity contribution in [3.63, 3.8) is 0 Å². The monoisotopic (exact) mass is 224 g/mol. The highest BCUT2D eigenvalue weighted by atomic mass is 19.1. The number of piperazine rings is 1. The largest absolute Gasteiger partial charge is 0.505 e. The fourth-order valence-corrected chi connectivity index (χ4v) is 1.94. The van der Waals surface area contributed by atoms with Gasteiger partial charge in [-0.2, -0.15) is 0 Å². The lowest BCUT2D eigenvalue weighted by Gasteiger charge is -2.27. The van der Waals surface area contributed by atoms with E-state index in [2.05, 4.69) is 10.2 Å². The Morgan fingerprint density at radius 3 is 2.75 bits per heavy atom. The van der Waals surface area contributed by atoms with E-state index in [1.54, 1.807) is 19.1 Å². The first-order valence-electron chi connectivity index (χ1n) is 5.58. The first kappa shape index (κ1) is 11.4. The number of phenolic OH excluding ortho intramolecular Hbond substituents is 1. The number of hydrogen-bond donors (Lipinski definition) is 2. The Kier molecular flexibility index (Phi) is 3.41. The summed E-state index contributed by atoms with van der Waals surface area (Å²) in [5, 5.41) is 12.9. The summed E-state index contributed by atoms with van der Waals surface area (Å²) in [6, 6.07) is 3.52. The van der Waals surface area contributed by atoms with Gasteiger partial charge in [0.05, 0.1) is 0 Å². The minimum Gasteiger partial charge on any atom is -0.505 e. The topological polar surface area (TPSA) is 35.5 Å². The van der Waals surface area contributed by atoms with E-state index in [4.69, 9.17) is 0 Å². The minimum absolute atomic E-state index is 0.196. The third kappa shape index (κ3) is 2.33. The summed E-state index contributed by atoms with van der Waals surface area (Å²) in [6.07, 6.45) is 0. The third-order valence-electron chi connectivity index (χ3n) is 3.00. The van der Waals surface area contributed by atoms with Gasteiger partial charge in [0, 0.05) is 38.3 Å². The number of benzene rings is 1. The van der Waals surface area contributed by atoms with Crippen LogP contribution in [0, 0.1) is 12.7 Å². The zero-order valence-electron chi connectivity index (χ0n) is 9.46. The average molecular weight is 224 g/mol. The van der Waals surface area contributed by atoms with E-state index >= 15 is 0 Å². The molecular formula is C12H17FN2O. The van der Waals surface area contributed by atoms with Crippen molar-refractivity contribution in [2.75, 3.05) is 26.2 Å². The maximum absolute atomic E-state index is 13.5. The normalized spacial score (nSPS) is 17.6. The van der Waals surface area contributed by atoms with E-state index in [1.165, 1.54) is 0 Å². The van der Waals surface area contributed by atoms with Crippen LogP contribution in [0.3, 0.4) is 0 Å². The molecule has 3 nitrogen and oxygen atoms in total. The summed E-state index contributed by atoms with van der Waals surface area (Å²) in [5.74, 6) is -0.689. The summed E-state index contributed by atoms with van der Waals surface area (Å²) in [4.78, 5) is 2.21. The van der Waals surface area contributed by atoms with Crippen LogP contribution in [0.2, 0.25) is 0 Å². The van der Waals surface area contributed by atoms with Crippen molar-refractivity contribution in [3.05, 3.63) is 29.1 Å². The van der Waals surface area contributed by atoms with Crippen LogP contribution in [-0.2, 0) is 6.54 Å². The van der Waals surface area contributed by atoms with Crippen LogP contribution < -0.4 is 5.32 Å². The Morgan fingerprint density at radius 2 is 2.06 bits per heavy atom. The first-order chi connectivity index (χ1) is 7.68. The Hall–Kier alpha value is -1.13. The maximum Gasteiger partial charge on any atom is 0.168 e. The Morgan fingerprint density at radius 1 is 1.38 bits per heavy atom. The predicted molar refractivity (Wildman–Crippen MR) is 60.9 cm³/mol. The molecule has 0 amide bonds. The Labute approximate surface area is 94.9 Å². The molecule has 1 aromatic carbocycles. The van der Waals surface area contributed by atoms with Gasteiger partial charge in [0.1, 0.15) is 0 Å². The molecule has 0 aliphatic carbocycles. The van der Waals surface area contributed by atoms with Crippen molar-refractivity contribution in [1.82, 2.24) is 10.2 Å². The second-order valence-electron chi connectivity index (χ2n) is 4.23. The number of hydrogen-bond acceptors (Lipinski definition) is 3. The van der Waals surface area contributed by atoms with Crippen LogP contribution >= 0.6 is 0 Å². The van der Waals surface area contributed by atoms with Gasteiger partial charge in [-0.1, -0.05) is 12.1 Å². The molecule has 1 aliphatic rings. The SMILES string of the molecule is Cc1ccc(CN2CCNCC2)c(O)c1F. The number of nitrogens with one attached hydrogen (secondary N) is 1. The second kappa shape index (κ2) is 4.80. The lowest BCUT2D eigenvalue weighted by atomic mass is 10.1. The van der Waals surface area contributed by atoms with Gasteiger partial charge in [-0.15, -0.1) is 0 Å². The van der Waals surface area contributed by atoms with E-state index in [9.17, 15) is 9.50 Å². The van der Waals surface area contributed by atoms with E-state index in [-0.39, 0.29) is 5.75 Å². The molecule has 16 heavy (non-hydrogen) atoms. The number of rotatable bonds is 2. The molecule has 0 bridgehead atoms. The van der Waals surface area contributed by atoms with E-state index in [0.29, 0.717) is 17.7 Å². The number of aromatic hydroxyl groups is 1. The molecule has 0 unspecified atom stereocenters. The van der Waals surface area contributed by atoms with Crippen molar-refractivity contribution < 1.29 is 9.50 Å². The Bertz CT molecular complexity index is 376. The Balaban J connectivity index is 2.11. The fourth-order valence-electron chi connectivity index (χ4n) is 1.94. The van der Waals surface area contributed by atoms with Crippen LogP contribution in [0.15, 0.2) is 12.1 Å². The van der Waals surface area contributed by atoms with E-state index < -0.39 is 5.82 Å². The quantitative estimate of drug-likeness (QED) is 0.793. The van der Waals surface area contributed by atoms with Gasteiger partial charge >= 0.3 is 0 Å². The molecule has 4 heteroatoms. The molecule has 0 aromatic heterocycles. The number of halogens is 1. The van der Waals surface area contributed by atoms with Crippen LogP contribution in [0.5, 0.6) is 5.75 Å². The molecule has 1 aromatic rings. The van der Waals surface area contributed by atoms with Crippen LogP contribution in [0.1, 0.15) is 11.1 Å². The van der Waals surface area contributed by atoms with Gasteiger partial charge in [0.25, 0.3) is 0 Å². The molecule has 1 fully saturated rings. The smallest absolute Gasteiger partial charge is 0.168 e. The fraction of sp³-hybridized carbons (Fsp3) is 0.500. The highest BCUT2D eigenvalue weighted by molar-refractivity contribution is 5.37. The predicted octanol–water partition coefficient (Wildman–Crippen LogP) is 1.24. The second-order valence-corrected chi connectivity index (χ2v) is 4.23. The van der Waals surface area contributed by atoms with E-state index in [1.807, 2.05) is 0 Å². The molecule has 0 spiro atoms. The van der Waals surface area contributed by atoms with Crippen molar-refractivity contribution in [1.29, 1.82) is 0 Å². The van der Waals surface area contributed by atoms with Crippen molar-refractivity contribution in [2.45, 2.75) is 13.5 Å². The van der Waals surface area contributed by atoms with Gasteiger partial charge in [-0.05, 0) is 12.5 Å². The van der Waals surface area contributed by atoms with E-state index in [0.717, 1.165) is 26.2 Å². The van der Waals surface area contributed by atoms with Gasteiger partial charge in [0.2, 0.25) is 0 Å². The summed E-state index contributed by atoms with van der Waals surface area (Å²) in [6.45, 7) is 6.06. The molecule has 2 rings (SSSR count). The molecule has 0 radical (unpaired) electrons. The van der Waals surface area contributed by atoms with Crippen molar-refractivity contribution in [3.8, 4) is 5.75 Å². The number of aryl methyl sites for hydroxylation is 1. The molecule has 1 heterocycles. The van der Waals surface area contributed by atoms with Crippen LogP contribution in [-0.4, -0.2) is 36.2 Å². The lowest BCUT2D eigenvalue weighted by molar-refractivity contribution is 0.229. The van der Waals surface area contributed by atoms with Gasteiger partial charge < -0.3 is 10.4 Å². The third-order valence-corrected chi connectivity index (χ3v) is 3.00. The summed E-state index contributed by atoms with van der Waals surface area (Å²) in [7, 11) is 0. The molecule has 1 saturated heterocycles. The lowest BCUT2D eigenvalue weighted by Crippen LogP contribution is -2.42. The molecular weight excluding hydrogens is 207 g/mol. The zero-order valence-corrected chi connectivity index (χ0v) is 9.46. The van der Waals surface area contributed by atoms with Gasteiger partial charge in [0.15, 0.2) is 11.6 Å². The minimum atomic E-state index is -0.493. The number of nitrogens with zero attached hydrogens (tertiary/aromatic N) is 1. The van der Waals surface area contributed by atoms with Crippen molar-refractivity contribution in [2.24, 2.45) is 0 Å². The molecule has 2 N–H and O–H groups in total. The van der Waals surface area contributed by atoms with Crippen LogP contribution in [0.4, 0.5) is 4.39 Å². The first-order valence-corrected chi connectivity index (χ1v) is 5.58. The molecule has 1 aliphatic heterocycles. The highest BCUT2D eigenvalue weighted by Crippen LogP contribution is 2.25.